The van der Waals surface area contributed by atoms with Crippen molar-refractivity contribution in [2.45, 2.75) is 37.7 Å². The monoisotopic (exact) mass is 367 g/mol. The number of carbonyl (C=O) groups excluding carboxylic acids is 2. The van der Waals surface area contributed by atoms with Gasteiger partial charge in [-0.05, 0) is 43.9 Å². The van der Waals surface area contributed by atoms with Crippen molar-refractivity contribution in [1.29, 1.82) is 5.26 Å². The Hall–Kier alpha value is -2.39. The van der Waals surface area contributed by atoms with Gasteiger partial charge >= 0.3 is 0 Å². The fourth-order valence-corrected chi connectivity index (χ4v) is 4.37. The first-order valence-corrected chi connectivity index (χ1v) is 9.80. The molecule has 1 atom stereocenters. The summed E-state index contributed by atoms with van der Waals surface area (Å²) in [5, 5.41) is 8.99. The Morgan fingerprint density at radius 3 is 2.89 bits per heavy atom. The maximum atomic E-state index is 12.6. The van der Waals surface area contributed by atoms with E-state index >= 15 is 0 Å². The van der Waals surface area contributed by atoms with Gasteiger partial charge in [0.2, 0.25) is 5.91 Å². The number of ether oxygens (including phenoxy) is 1. The third-order valence-corrected chi connectivity index (χ3v) is 6.02. The van der Waals surface area contributed by atoms with Gasteiger partial charge in [0.15, 0.2) is 0 Å². The van der Waals surface area contributed by atoms with Crippen LogP contribution in [0.15, 0.2) is 24.3 Å². The summed E-state index contributed by atoms with van der Waals surface area (Å²) in [6, 6.07) is 8.90. The molecular weight excluding hydrogens is 342 g/mol. The van der Waals surface area contributed by atoms with E-state index in [1.54, 1.807) is 29.2 Å². The second-order valence-electron chi connectivity index (χ2n) is 8.05. The van der Waals surface area contributed by atoms with E-state index in [0.717, 1.165) is 38.8 Å². The van der Waals surface area contributed by atoms with Crippen molar-refractivity contribution in [1.82, 2.24) is 9.80 Å². The molecule has 0 aliphatic carbocycles. The maximum Gasteiger partial charge on any atom is 0.254 e. The van der Waals surface area contributed by atoms with Gasteiger partial charge in [0.25, 0.3) is 5.91 Å². The summed E-state index contributed by atoms with van der Waals surface area (Å²) < 4.78 is 6.17. The number of piperidine rings is 1. The fraction of sp³-hybridized carbons (Fsp3) is 0.571. The first kappa shape index (κ1) is 18.0. The minimum absolute atomic E-state index is 0.0395. The highest BCUT2D eigenvalue weighted by atomic mass is 16.5. The van der Waals surface area contributed by atoms with Gasteiger partial charge in [-0.15, -0.1) is 0 Å². The average Bonchev–Trinajstić information content (AvgIpc) is 2.68. The maximum absolute atomic E-state index is 12.6. The number of amides is 2. The molecule has 0 aromatic heterocycles. The van der Waals surface area contributed by atoms with E-state index in [1.807, 2.05) is 4.90 Å². The Kier molecular flexibility index (Phi) is 4.88. The standard InChI is InChI=1S/C21H25N3O3/c22-11-16-4-3-5-18(10-16)20(26)24-14-21(15-24)8-7-17(13-27-21)12-23-9-2-1-6-19(23)25/h3-5,10,17H,1-2,6-9,12-15H2. The van der Waals surface area contributed by atoms with Crippen molar-refractivity contribution in [3.8, 4) is 6.07 Å². The SMILES string of the molecule is N#Cc1cccc(C(=O)N2CC3(CCC(CN4CCCCC4=O)CO3)C2)c1. The van der Waals surface area contributed by atoms with E-state index in [0.29, 0.717) is 43.2 Å². The predicted molar refractivity (Wildman–Crippen MR) is 98.9 cm³/mol. The van der Waals surface area contributed by atoms with Crippen LogP contribution >= 0.6 is 0 Å². The minimum atomic E-state index is -0.217. The minimum Gasteiger partial charge on any atom is -0.371 e. The van der Waals surface area contributed by atoms with Crippen LogP contribution in [0.25, 0.3) is 0 Å². The molecular formula is C21H25N3O3. The molecule has 0 N–H and O–H groups in total. The number of carbonyl (C=O) groups is 2. The summed E-state index contributed by atoms with van der Waals surface area (Å²) in [6.45, 7) is 3.56. The van der Waals surface area contributed by atoms with E-state index in [2.05, 4.69) is 6.07 Å². The summed E-state index contributed by atoms with van der Waals surface area (Å²) >= 11 is 0. The van der Waals surface area contributed by atoms with Crippen LogP contribution in [0.2, 0.25) is 0 Å². The lowest BCUT2D eigenvalue weighted by atomic mass is 9.82. The van der Waals surface area contributed by atoms with Crippen molar-refractivity contribution in [2.24, 2.45) is 5.92 Å². The lowest BCUT2D eigenvalue weighted by Gasteiger charge is -2.53. The summed E-state index contributed by atoms with van der Waals surface area (Å²) in [4.78, 5) is 28.4. The summed E-state index contributed by atoms with van der Waals surface area (Å²) in [5.74, 6) is 0.638. The Balaban J connectivity index is 1.27. The van der Waals surface area contributed by atoms with Crippen molar-refractivity contribution in [3.63, 3.8) is 0 Å². The second kappa shape index (κ2) is 7.32. The highest BCUT2D eigenvalue weighted by Crippen LogP contribution is 2.37. The Labute approximate surface area is 159 Å². The molecule has 1 aromatic carbocycles. The molecule has 142 valence electrons. The average molecular weight is 367 g/mol. The topological polar surface area (TPSA) is 73.6 Å². The van der Waals surface area contributed by atoms with E-state index in [4.69, 9.17) is 10.00 Å². The zero-order valence-electron chi connectivity index (χ0n) is 15.5. The van der Waals surface area contributed by atoms with Crippen LogP contribution in [-0.4, -0.2) is 60.0 Å². The Morgan fingerprint density at radius 2 is 2.19 bits per heavy atom. The zero-order valence-corrected chi connectivity index (χ0v) is 15.5. The quantitative estimate of drug-likeness (QED) is 0.821. The molecule has 1 aromatic rings. The van der Waals surface area contributed by atoms with Crippen LogP contribution in [0.5, 0.6) is 0 Å². The second-order valence-corrected chi connectivity index (χ2v) is 8.05. The van der Waals surface area contributed by atoms with Crippen LogP contribution in [0.3, 0.4) is 0 Å². The molecule has 1 spiro atoms. The van der Waals surface area contributed by atoms with Crippen LogP contribution in [0.1, 0.15) is 48.0 Å². The largest absolute Gasteiger partial charge is 0.371 e. The van der Waals surface area contributed by atoms with E-state index in [1.165, 1.54) is 0 Å². The molecule has 6 nitrogen and oxygen atoms in total. The number of benzene rings is 1. The van der Waals surface area contributed by atoms with Gasteiger partial charge in [0, 0.05) is 31.0 Å². The normalized spacial score (nSPS) is 24.4. The third kappa shape index (κ3) is 3.70. The number of likely N-dealkylation sites (tertiary alicyclic amines) is 2. The van der Waals surface area contributed by atoms with Crippen molar-refractivity contribution in [3.05, 3.63) is 35.4 Å². The van der Waals surface area contributed by atoms with E-state index in [-0.39, 0.29) is 17.4 Å². The smallest absolute Gasteiger partial charge is 0.254 e. The summed E-state index contributed by atoms with van der Waals surface area (Å²) in [5.41, 5.74) is 0.839. The number of nitriles is 1. The zero-order chi connectivity index (χ0) is 18.9. The molecule has 4 rings (SSSR count). The molecule has 3 saturated heterocycles. The highest BCUT2D eigenvalue weighted by Gasteiger charge is 2.48. The molecule has 0 saturated carbocycles. The van der Waals surface area contributed by atoms with Crippen LogP contribution in [0.4, 0.5) is 0 Å². The molecule has 3 fully saturated rings. The molecule has 6 heteroatoms. The number of hydrogen-bond acceptors (Lipinski definition) is 4. The lowest BCUT2D eigenvalue weighted by molar-refractivity contribution is -0.170. The van der Waals surface area contributed by atoms with E-state index < -0.39 is 0 Å². The van der Waals surface area contributed by atoms with Gasteiger partial charge in [-0.3, -0.25) is 9.59 Å². The number of rotatable bonds is 3. The van der Waals surface area contributed by atoms with Crippen molar-refractivity contribution < 1.29 is 14.3 Å². The molecule has 27 heavy (non-hydrogen) atoms. The van der Waals surface area contributed by atoms with Gasteiger partial charge in [0.1, 0.15) is 5.60 Å². The van der Waals surface area contributed by atoms with Gasteiger partial charge in [0.05, 0.1) is 31.3 Å². The molecule has 3 heterocycles. The Bertz CT molecular complexity index is 769. The molecule has 0 radical (unpaired) electrons. The molecule has 0 bridgehead atoms. The number of hydrogen-bond donors (Lipinski definition) is 0. The number of nitrogens with zero attached hydrogens (tertiary/aromatic N) is 3. The highest BCUT2D eigenvalue weighted by molar-refractivity contribution is 5.95. The van der Waals surface area contributed by atoms with Crippen LogP contribution < -0.4 is 0 Å². The van der Waals surface area contributed by atoms with Crippen LogP contribution in [-0.2, 0) is 9.53 Å². The Morgan fingerprint density at radius 1 is 1.33 bits per heavy atom. The first-order valence-electron chi connectivity index (χ1n) is 9.80. The van der Waals surface area contributed by atoms with E-state index in [9.17, 15) is 9.59 Å². The third-order valence-electron chi connectivity index (χ3n) is 6.02. The lowest BCUT2D eigenvalue weighted by Crippen LogP contribution is -2.66. The summed E-state index contributed by atoms with van der Waals surface area (Å²) in [6.07, 6.45) is 4.77. The van der Waals surface area contributed by atoms with Crippen LogP contribution in [0, 0.1) is 17.2 Å². The molecule has 3 aliphatic rings. The fourth-order valence-electron chi connectivity index (χ4n) is 4.37. The summed E-state index contributed by atoms with van der Waals surface area (Å²) in [7, 11) is 0. The molecule has 1 unspecified atom stereocenters. The van der Waals surface area contributed by atoms with Crippen molar-refractivity contribution >= 4 is 11.8 Å². The van der Waals surface area contributed by atoms with Gasteiger partial charge < -0.3 is 14.5 Å². The van der Waals surface area contributed by atoms with Gasteiger partial charge in [-0.25, -0.2) is 0 Å². The van der Waals surface area contributed by atoms with Gasteiger partial charge in [-0.2, -0.15) is 5.26 Å². The molecule has 3 aliphatic heterocycles. The first-order chi connectivity index (χ1) is 13.1. The molecule has 2 amide bonds. The van der Waals surface area contributed by atoms with Gasteiger partial charge in [-0.1, -0.05) is 6.07 Å². The van der Waals surface area contributed by atoms with Crippen molar-refractivity contribution in [2.75, 3.05) is 32.8 Å². The predicted octanol–water partition coefficient (Wildman–Crippen LogP) is 2.19.